The number of hydrogen-bond donors (Lipinski definition) is 1. The molecular formula is C16H23NO2. The fourth-order valence-electron chi connectivity index (χ4n) is 3.16. The molecule has 1 saturated heterocycles. The number of hydrogen-bond acceptors (Lipinski definition) is 2. The Kier molecular flexibility index (Phi) is 4.25. The highest BCUT2D eigenvalue weighted by Crippen LogP contribution is 2.30. The summed E-state index contributed by atoms with van der Waals surface area (Å²) in [5.74, 6) is -0.684. The molecule has 0 amide bonds. The van der Waals surface area contributed by atoms with Gasteiger partial charge in [-0.2, -0.15) is 0 Å². The largest absolute Gasteiger partial charge is 0.480 e. The Hall–Kier alpha value is -1.35. The van der Waals surface area contributed by atoms with Gasteiger partial charge in [0.05, 0.1) is 0 Å². The zero-order chi connectivity index (χ0) is 14.0. The van der Waals surface area contributed by atoms with E-state index in [0.29, 0.717) is 0 Å². The van der Waals surface area contributed by atoms with Crippen LogP contribution in [0.25, 0.3) is 0 Å². The number of rotatable bonds is 3. The maximum atomic E-state index is 11.4. The summed E-state index contributed by atoms with van der Waals surface area (Å²) in [5, 5.41) is 9.38. The van der Waals surface area contributed by atoms with Crippen LogP contribution in [0.3, 0.4) is 0 Å². The van der Waals surface area contributed by atoms with E-state index in [9.17, 15) is 9.90 Å². The minimum atomic E-state index is -0.684. The van der Waals surface area contributed by atoms with Crippen molar-refractivity contribution in [2.45, 2.75) is 52.1 Å². The number of aliphatic carboxylic acids is 1. The number of benzene rings is 1. The average Bonchev–Trinajstić information content (AvgIpc) is 2.38. The second-order valence-electron chi connectivity index (χ2n) is 5.62. The van der Waals surface area contributed by atoms with Crippen LogP contribution in [0.2, 0.25) is 0 Å². The summed E-state index contributed by atoms with van der Waals surface area (Å²) in [6.45, 7) is 7.20. The zero-order valence-electron chi connectivity index (χ0n) is 12.0. The lowest BCUT2D eigenvalue weighted by atomic mass is 9.94. The SMILES string of the molecule is Cc1ccc(C(C)N2CCCCC2C(=O)O)c(C)c1. The molecule has 2 rings (SSSR count). The standard InChI is InChI=1S/C16H23NO2/c1-11-7-8-14(12(2)10-11)13(3)17-9-5-4-6-15(17)16(18)19/h7-8,10,13,15H,4-6,9H2,1-3H3,(H,18,19). The van der Waals surface area contributed by atoms with Gasteiger partial charge in [0.2, 0.25) is 0 Å². The van der Waals surface area contributed by atoms with Crippen LogP contribution in [0, 0.1) is 13.8 Å². The van der Waals surface area contributed by atoms with Crippen LogP contribution in [0.5, 0.6) is 0 Å². The van der Waals surface area contributed by atoms with E-state index in [0.717, 1.165) is 25.8 Å². The normalized spacial score (nSPS) is 22.2. The molecule has 1 aromatic carbocycles. The Bertz CT molecular complexity index is 470. The molecule has 3 nitrogen and oxygen atoms in total. The predicted molar refractivity (Wildman–Crippen MR) is 76.3 cm³/mol. The van der Waals surface area contributed by atoms with Gasteiger partial charge in [-0.3, -0.25) is 9.69 Å². The highest BCUT2D eigenvalue weighted by molar-refractivity contribution is 5.73. The van der Waals surface area contributed by atoms with Gasteiger partial charge in [-0.15, -0.1) is 0 Å². The van der Waals surface area contributed by atoms with Crippen molar-refractivity contribution in [1.82, 2.24) is 4.90 Å². The molecule has 1 aliphatic heterocycles. The number of carboxylic acids is 1. The molecule has 104 valence electrons. The van der Waals surface area contributed by atoms with Crippen molar-refractivity contribution >= 4 is 5.97 Å². The van der Waals surface area contributed by atoms with Crippen LogP contribution in [-0.4, -0.2) is 28.6 Å². The van der Waals surface area contributed by atoms with Crippen molar-refractivity contribution < 1.29 is 9.90 Å². The number of piperidine rings is 1. The first kappa shape index (κ1) is 14.1. The van der Waals surface area contributed by atoms with Crippen LogP contribution in [-0.2, 0) is 4.79 Å². The van der Waals surface area contributed by atoms with Crippen LogP contribution >= 0.6 is 0 Å². The van der Waals surface area contributed by atoms with Gasteiger partial charge in [0.1, 0.15) is 6.04 Å². The van der Waals surface area contributed by atoms with Crippen LogP contribution in [0.4, 0.5) is 0 Å². The maximum absolute atomic E-state index is 11.4. The molecule has 0 aromatic heterocycles. The maximum Gasteiger partial charge on any atom is 0.320 e. The highest BCUT2D eigenvalue weighted by Gasteiger charge is 2.32. The van der Waals surface area contributed by atoms with Crippen molar-refractivity contribution in [3.8, 4) is 0 Å². The van der Waals surface area contributed by atoms with E-state index >= 15 is 0 Å². The number of likely N-dealkylation sites (tertiary alicyclic amines) is 1. The first-order valence-corrected chi connectivity index (χ1v) is 7.06. The Labute approximate surface area is 115 Å². The Balaban J connectivity index is 2.25. The molecule has 1 aliphatic rings. The molecule has 1 aromatic rings. The number of carboxylic acid groups (broad SMARTS) is 1. The molecule has 3 heteroatoms. The van der Waals surface area contributed by atoms with Crippen molar-refractivity contribution in [2.75, 3.05) is 6.54 Å². The van der Waals surface area contributed by atoms with E-state index in [-0.39, 0.29) is 12.1 Å². The lowest BCUT2D eigenvalue weighted by molar-refractivity contribution is -0.145. The number of nitrogens with zero attached hydrogens (tertiary/aromatic N) is 1. The van der Waals surface area contributed by atoms with Gasteiger partial charge < -0.3 is 5.11 Å². The number of carbonyl (C=O) groups is 1. The summed E-state index contributed by atoms with van der Waals surface area (Å²) >= 11 is 0. The average molecular weight is 261 g/mol. The molecule has 2 atom stereocenters. The van der Waals surface area contributed by atoms with Crippen LogP contribution in [0.15, 0.2) is 18.2 Å². The fourth-order valence-corrected chi connectivity index (χ4v) is 3.16. The van der Waals surface area contributed by atoms with E-state index in [4.69, 9.17) is 0 Å². The van der Waals surface area contributed by atoms with Crippen molar-refractivity contribution in [2.24, 2.45) is 0 Å². The third-order valence-electron chi connectivity index (χ3n) is 4.20. The summed E-state index contributed by atoms with van der Waals surface area (Å²) in [7, 11) is 0. The summed E-state index contributed by atoms with van der Waals surface area (Å²) in [6.07, 6.45) is 2.89. The minimum absolute atomic E-state index is 0.169. The number of aryl methyl sites for hydroxylation is 2. The zero-order valence-corrected chi connectivity index (χ0v) is 12.0. The van der Waals surface area contributed by atoms with E-state index in [1.165, 1.54) is 16.7 Å². The Morgan fingerprint density at radius 2 is 2.11 bits per heavy atom. The molecular weight excluding hydrogens is 238 g/mol. The molecule has 1 fully saturated rings. The summed E-state index contributed by atoms with van der Waals surface area (Å²) < 4.78 is 0. The topological polar surface area (TPSA) is 40.5 Å². The molecule has 0 saturated carbocycles. The quantitative estimate of drug-likeness (QED) is 0.907. The molecule has 0 bridgehead atoms. The first-order valence-electron chi connectivity index (χ1n) is 7.06. The van der Waals surface area contributed by atoms with E-state index in [2.05, 4.69) is 43.9 Å². The Morgan fingerprint density at radius 1 is 1.37 bits per heavy atom. The summed E-state index contributed by atoms with van der Waals surface area (Å²) in [4.78, 5) is 13.5. The Morgan fingerprint density at radius 3 is 2.74 bits per heavy atom. The smallest absolute Gasteiger partial charge is 0.320 e. The van der Waals surface area contributed by atoms with Crippen molar-refractivity contribution in [3.05, 3.63) is 34.9 Å². The van der Waals surface area contributed by atoms with Gasteiger partial charge in [-0.05, 0) is 51.3 Å². The second-order valence-corrected chi connectivity index (χ2v) is 5.62. The molecule has 2 unspecified atom stereocenters. The van der Waals surface area contributed by atoms with Crippen LogP contribution in [0.1, 0.15) is 48.9 Å². The van der Waals surface area contributed by atoms with E-state index < -0.39 is 5.97 Å². The monoisotopic (exact) mass is 261 g/mol. The van der Waals surface area contributed by atoms with Gasteiger partial charge in [-0.25, -0.2) is 0 Å². The van der Waals surface area contributed by atoms with Gasteiger partial charge >= 0.3 is 5.97 Å². The lowest BCUT2D eigenvalue weighted by Crippen LogP contribution is -2.45. The summed E-state index contributed by atoms with van der Waals surface area (Å²) in [5.41, 5.74) is 3.75. The van der Waals surface area contributed by atoms with Crippen molar-refractivity contribution in [3.63, 3.8) is 0 Å². The van der Waals surface area contributed by atoms with Gasteiger partial charge in [0.25, 0.3) is 0 Å². The fraction of sp³-hybridized carbons (Fsp3) is 0.562. The molecule has 1 heterocycles. The van der Waals surface area contributed by atoms with Gasteiger partial charge in [0.15, 0.2) is 0 Å². The molecule has 0 radical (unpaired) electrons. The molecule has 0 aliphatic carbocycles. The third-order valence-corrected chi connectivity index (χ3v) is 4.20. The predicted octanol–water partition coefficient (Wildman–Crippen LogP) is 3.30. The van der Waals surface area contributed by atoms with E-state index in [1.54, 1.807) is 0 Å². The minimum Gasteiger partial charge on any atom is -0.480 e. The first-order chi connectivity index (χ1) is 9.00. The highest BCUT2D eigenvalue weighted by atomic mass is 16.4. The molecule has 19 heavy (non-hydrogen) atoms. The molecule has 1 N–H and O–H groups in total. The third kappa shape index (κ3) is 2.98. The van der Waals surface area contributed by atoms with Crippen LogP contribution < -0.4 is 0 Å². The van der Waals surface area contributed by atoms with Gasteiger partial charge in [-0.1, -0.05) is 30.2 Å². The van der Waals surface area contributed by atoms with Crippen molar-refractivity contribution in [1.29, 1.82) is 0 Å². The lowest BCUT2D eigenvalue weighted by Gasteiger charge is -2.38. The summed E-state index contributed by atoms with van der Waals surface area (Å²) in [6, 6.07) is 6.26. The van der Waals surface area contributed by atoms with Gasteiger partial charge in [0, 0.05) is 6.04 Å². The second kappa shape index (κ2) is 5.74. The molecule has 0 spiro atoms. The van der Waals surface area contributed by atoms with E-state index in [1.807, 2.05) is 0 Å².